The number of aryl methyl sites for hydroxylation is 1. The Balaban J connectivity index is 1.48. The van der Waals surface area contributed by atoms with Gasteiger partial charge in [-0.1, -0.05) is 18.6 Å². The molecule has 1 aromatic carbocycles. The van der Waals surface area contributed by atoms with Crippen LogP contribution in [0.4, 0.5) is 0 Å². The Bertz CT molecular complexity index is 492. The molecule has 0 bridgehead atoms. The highest BCUT2D eigenvalue weighted by atomic mass is 16.5. The highest BCUT2D eigenvalue weighted by molar-refractivity contribution is 5.41. The number of piperidine rings is 1. The van der Waals surface area contributed by atoms with Crippen LogP contribution in [-0.4, -0.2) is 56.2 Å². The summed E-state index contributed by atoms with van der Waals surface area (Å²) < 4.78 is 6.18. The molecule has 0 spiro atoms. The van der Waals surface area contributed by atoms with Gasteiger partial charge in [0.05, 0.1) is 0 Å². The van der Waals surface area contributed by atoms with Crippen molar-refractivity contribution in [1.29, 1.82) is 0 Å². The number of benzene rings is 1. The molecule has 23 heavy (non-hydrogen) atoms. The quantitative estimate of drug-likeness (QED) is 0.775. The molecule has 1 fully saturated rings. The average Bonchev–Trinajstić information content (AvgIpc) is 2.81. The largest absolute Gasteiger partial charge is 0.492 e. The number of likely N-dealkylation sites (tertiary alicyclic amines) is 1. The van der Waals surface area contributed by atoms with Crippen molar-refractivity contribution in [2.75, 3.05) is 40.3 Å². The molecule has 0 atom stereocenters. The first-order valence-corrected chi connectivity index (χ1v) is 9.36. The standard InChI is InChI=1S/C20H32N2O/c1-21(2)18-11-13-22(14-12-18)15-16-23-20-10-6-8-17-7-4-3-5-9-19(17)20/h6,8,10,18H,3-5,7,9,11-16H2,1-2H3. The number of nitrogens with zero attached hydrogens (tertiary/aromatic N) is 2. The molecular weight excluding hydrogens is 284 g/mol. The van der Waals surface area contributed by atoms with Crippen LogP contribution in [0.1, 0.15) is 43.2 Å². The van der Waals surface area contributed by atoms with Crippen molar-refractivity contribution in [2.24, 2.45) is 0 Å². The first-order valence-electron chi connectivity index (χ1n) is 9.36. The Labute approximate surface area is 141 Å². The van der Waals surface area contributed by atoms with Crippen LogP contribution in [0.5, 0.6) is 5.75 Å². The number of rotatable bonds is 5. The lowest BCUT2D eigenvalue weighted by molar-refractivity contribution is 0.128. The predicted molar refractivity (Wildman–Crippen MR) is 96.3 cm³/mol. The molecule has 1 aliphatic carbocycles. The number of fused-ring (bicyclic) bond motifs is 1. The normalized spacial score (nSPS) is 20.3. The molecule has 1 aromatic rings. The topological polar surface area (TPSA) is 15.7 Å². The molecule has 0 N–H and O–H groups in total. The summed E-state index contributed by atoms with van der Waals surface area (Å²) in [6.07, 6.45) is 8.99. The fourth-order valence-corrected chi connectivity index (χ4v) is 4.00. The van der Waals surface area contributed by atoms with E-state index < -0.39 is 0 Å². The average molecular weight is 316 g/mol. The predicted octanol–water partition coefficient (Wildman–Crippen LogP) is 3.36. The fraction of sp³-hybridized carbons (Fsp3) is 0.700. The lowest BCUT2D eigenvalue weighted by Gasteiger charge is -2.35. The van der Waals surface area contributed by atoms with Crippen molar-refractivity contribution in [3.8, 4) is 5.75 Å². The smallest absolute Gasteiger partial charge is 0.122 e. The van der Waals surface area contributed by atoms with Gasteiger partial charge >= 0.3 is 0 Å². The zero-order chi connectivity index (χ0) is 16.1. The maximum atomic E-state index is 6.18. The third-order valence-electron chi connectivity index (χ3n) is 5.56. The molecule has 3 heteroatoms. The van der Waals surface area contributed by atoms with Crippen molar-refractivity contribution in [2.45, 2.75) is 51.0 Å². The lowest BCUT2D eigenvalue weighted by Crippen LogP contribution is -2.43. The van der Waals surface area contributed by atoms with Gasteiger partial charge in [0.2, 0.25) is 0 Å². The van der Waals surface area contributed by atoms with Crippen LogP contribution < -0.4 is 4.74 Å². The molecule has 3 nitrogen and oxygen atoms in total. The number of ether oxygens (including phenoxy) is 1. The van der Waals surface area contributed by atoms with Gasteiger partial charge in [0.25, 0.3) is 0 Å². The van der Waals surface area contributed by atoms with Crippen LogP contribution >= 0.6 is 0 Å². The van der Waals surface area contributed by atoms with E-state index in [2.05, 4.69) is 42.1 Å². The van der Waals surface area contributed by atoms with E-state index in [0.717, 1.165) is 24.9 Å². The zero-order valence-corrected chi connectivity index (χ0v) is 14.9. The van der Waals surface area contributed by atoms with Crippen molar-refractivity contribution < 1.29 is 4.74 Å². The van der Waals surface area contributed by atoms with E-state index in [0.29, 0.717) is 0 Å². The van der Waals surface area contributed by atoms with Gasteiger partial charge in [-0.15, -0.1) is 0 Å². The number of hydrogen-bond acceptors (Lipinski definition) is 3. The van der Waals surface area contributed by atoms with Crippen LogP contribution in [-0.2, 0) is 12.8 Å². The Hall–Kier alpha value is -1.06. The molecule has 3 rings (SSSR count). The van der Waals surface area contributed by atoms with Crippen molar-refractivity contribution in [3.05, 3.63) is 29.3 Å². The maximum absolute atomic E-state index is 6.18. The van der Waals surface area contributed by atoms with Crippen molar-refractivity contribution >= 4 is 0 Å². The Morgan fingerprint density at radius 2 is 1.87 bits per heavy atom. The van der Waals surface area contributed by atoms with E-state index in [1.807, 2.05) is 0 Å². The van der Waals surface area contributed by atoms with Gasteiger partial charge in [0.15, 0.2) is 0 Å². The van der Waals surface area contributed by atoms with E-state index in [4.69, 9.17) is 4.74 Å². The van der Waals surface area contributed by atoms with Gasteiger partial charge in [-0.05, 0) is 82.9 Å². The minimum Gasteiger partial charge on any atom is -0.492 e. The van der Waals surface area contributed by atoms with Crippen molar-refractivity contribution in [1.82, 2.24) is 9.80 Å². The number of hydrogen-bond donors (Lipinski definition) is 0. The molecule has 0 unspecified atom stereocenters. The molecule has 128 valence electrons. The van der Waals surface area contributed by atoms with Crippen LogP contribution in [0.3, 0.4) is 0 Å². The van der Waals surface area contributed by atoms with E-state index in [1.165, 1.54) is 69.2 Å². The molecular formula is C20H32N2O. The summed E-state index contributed by atoms with van der Waals surface area (Å²) in [6, 6.07) is 7.39. The SMILES string of the molecule is CN(C)C1CCN(CCOc2cccc3c2CCCCC3)CC1. The summed E-state index contributed by atoms with van der Waals surface area (Å²) in [5.41, 5.74) is 3.00. The molecule has 0 amide bonds. The summed E-state index contributed by atoms with van der Waals surface area (Å²) >= 11 is 0. The highest BCUT2D eigenvalue weighted by Crippen LogP contribution is 2.28. The van der Waals surface area contributed by atoms with E-state index in [1.54, 1.807) is 0 Å². The van der Waals surface area contributed by atoms with Gasteiger partial charge in [-0.2, -0.15) is 0 Å². The molecule has 2 aliphatic rings. The lowest BCUT2D eigenvalue weighted by atomic mass is 10.0. The van der Waals surface area contributed by atoms with Crippen LogP contribution in [0.15, 0.2) is 18.2 Å². The fourth-order valence-electron chi connectivity index (χ4n) is 4.00. The second-order valence-corrected chi connectivity index (χ2v) is 7.34. The molecule has 0 saturated carbocycles. The van der Waals surface area contributed by atoms with Gasteiger partial charge in [-0.3, -0.25) is 4.90 Å². The second-order valence-electron chi connectivity index (χ2n) is 7.34. The van der Waals surface area contributed by atoms with Crippen LogP contribution in [0, 0.1) is 0 Å². The summed E-state index contributed by atoms with van der Waals surface area (Å²) in [5, 5.41) is 0. The van der Waals surface area contributed by atoms with E-state index >= 15 is 0 Å². The first-order chi connectivity index (χ1) is 11.2. The third-order valence-corrected chi connectivity index (χ3v) is 5.56. The van der Waals surface area contributed by atoms with E-state index in [-0.39, 0.29) is 0 Å². The van der Waals surface area contributed by atoms with Gasteiger partial charge in [-0.25, -0.2) is 0 Å². The maximum Gasteiger partial charge on any atom is 0.122 e. The second kappa shape index (κ2) is 8.16. The Morgan fingerprint density at radius 1 is 1.09 bits per heavy atom. The molecule has 0 aromatic heterocycles. The summed E-state index contributed by atoms with van der Waals surface area (Å²) in [5.74, 6) is 1.15. The minimum absolute atomic E-state index is 0.761. The molecule has 1 heterocycles. The zero-order valence-electron chi connectivity index (χ0n) is 14.9. The van der Waals surface area contributed by atoms with Gasteiger partial charge < -0.3 is 9.64 Å². The summed E-state index contributed by atoms with van der Waals surface area (Å²) in [7, 11) is 4.40. The Kier molecular flexibility index (Phi) is 5.96. The monoisotopic (exact) mass is 316 g/mol. The third kappa shape index (κ3) is 4.48. The van der Waals surface area contributed by atoms with Crippen molar-refractivity contribution in [3.63, 3.8) is 0 Å². The molecule has 1 aliphatic heterocycles. The summed E-state index contributed by atoms with van der Waals surface area (Å²) in [6.45, 7) is 4.30. The molecule has 1 saturated heterocycles. The Morgan fingerprint density at radius 3 is 2.65 bits per heavy atom. The first kappa shape index (κ1) is 16.8. The van der Waals surface area contributed by atoms with Crippen LogP contribution in [0.25, 0.3) is 0 Å². The molecule has 0 radical (unpaired) electrons. The van der Waals surface area contributed by atoms with Gasteiger partial charge in [0, 0.05) is 12.6 Å². The van der Waals surface area contributed by atoms with Crippen LogP contribution in [0.2, 0.25) is 0 Å². The highest BCUT2D eigenvalue weighted by Gasteiger charge is 2.20. The summed E-state index contributed by atoms with van der Waals surface area (Å²) in [4.78, 5) is 4.93. The minimum atomic E-state index is 0.761. The van der Waals surface area contributed by atoms with E-state index in [9.17, 15) is 0 Å². The van der Waals surface area contributed by atoms with Gasteiger partial charge in [0.1, 0.15) is 12.4 Å².